The van der Waals surface area contributed by atoms with Gasteiger partial charge in [-0.1, -0.05) is 51.8 Å². The standard InChI is InChI=1S/C47H60N8O10S2/c1-28(2)49-44-51-36(27-66-44)35-23-38(32-19-18-30(63-7)21-34(32)50-35)64-31-22-37-41(56)53-47(43(58)59)24-29(47)15-11-9-8-10-12-16-33(42(57)55(37)25-31)52-45(60)65-39(46(3,4)5)26-54(6)67(61,62)40-17-13-14-20-48-40/h11,13-15,17-21,23,27-29,31,33,37,39H,8-10,12,16,22,24-26H2,1-7H3,(H,49,51)(H,52,60)(H,53,56)(H,58,59)/b15-11-/t29?,31-,33+,37+,39?,47-/m1/s1. The normalized spacial score (nSPS) is 23.6. The van der Waals surface area contributed by atoms with Crippen LogP contribution in [0.5, 0.6) is 11.5 Å². The molecule has 2 fully saturated rings. The Bertz CT molecular complexity index is 2600. The number of hydrogen-bond acceptors (Lipinski definition) is 14. The molecule has 3 amide bonds. The Labute approximate surface area is 394 Å². The maximum absolute atomic E-state index is 15.0. The third-order valence-corrected chi connectivity index (χ3v) is 14.8. The number of rotatable bonds is 13. The maximum atomic E-state index is 15.0. The molecule has 3 aromatic heterocycles. The molecule has 6 atom stereocenters. The van der Waals surface area contributed by atoms with E-state index in [4.69, 9.17) is 24.2 Å². The third-order valence-electron chi connectivity index (χ3n) is 12.3. The highest BCUT2D eigenvalue weighted by atomic mass is 32.2. The largest absolute Gasteiger partial charge is 0.497 e. The highest BCUT2D eigenvalue weighted by Gasteiger charge is 2.61. The molecule has 1 saturated heterocycles. The molecule has 2 unspecified atom stereocenters. The molecule has 1 aliphatic carbocycles. The number of anilines is 1. The Balaban J connectivity index is 1.18. The van der Waals surface area contributed by atoms with Crippen LogP contribution in [0.15, 0.2) is 71.2 Å². The molecule has 1 saturated carbocycles. The predicted molar refractivity (Wildman–Crippen MR) is 252 cm³/mol. The van der Waals surface area contributed by atoms with Crippen LogP contribution in [0, 0.1) is 11.3 Å². The lowest BCUT2D eigenvalue weighted by Gasteiger charge is -2.34. The van der Waals surface area contributed by atoms with Crippen LogP contribution >= 0.6 is 11.3 Å². The van der Waals surface area contributed by atoms with Gasteiger partial charge in [0.1, 0.15) is 47.0 Å². The summed E-state index contributed by atoms with van der Waals surface area (Å²) in [5.74, 6) is -1.83. The molecule has 67 heavy (non-hydrogen) atoms. The van der Waals surface area contributed by atoms with Crippen LogP contribution in [0.3, 0.4) is 0 Å². The lowest BCUT2D eigenvalue weighted by Crippen LogP contribution is -2.56. The number of amides is 3. The van der Waals surface area contributed by atoms with E-state index in [0.29, 0.717) is 53.1 Å². The van der Waals surface area contributed by atoms with E-state index in [-0.39, 0.29) is 43.4 Å². The van der Waals surface area contributed by atoms with Crippen LogP contribution in [0.2, 0.25) is 0 Å². The highest BCUT2D eigenvalue weighted by Crippen LogP contribution is 2.46. The van der Waals surface area contributed by atoms with Crippen molar-refractivity contribution in [3.63, 3.8) is 0 Å². The summed E-state index contributed by atoms with van der Waals surface area (Å²) < 4.78 is 46.1. The Morgan fingerprint density at radius 1 is 1.09 bits per heavy atom. The Morgan fingerprint density at radius 3 is 2.58 bits per heavy atom. The van der Waals surface area contributed by atoms with Crippen molar-refractivity contribution in [2.75, 3.05) is 32.6 Å². The van der Waals surface area contributed by atoms with Crippen molar-refractivity contribution in [1.82, 2.24) is 34.8 Å². The first-order chi connectivity index (χ1) is 31.8. The molecule has 5 heterocycles. The molecule has 4 aromatic rings. The van der Waals surface area contributed by atoms with Crippen LogP contribution in [-0.2, 0) is 29.1 Å². The number of thiazole rings is 1. The van der Waals surface area contributed by atoms with E-state index in [1.165, 1.54) is 35.5 Å². The summed E-state index contributed by atoms with van der Waals surface area (Å²) in [4.78, 5) is 71.1. The van der Waals surface area contributed by atoms with Gasteiger partial charge in [-0.15, -0.1) is 11.3 Å². The van der Waals surface area contributed by atoms with Crippen molar-refractivity contribution in [2.24, 2.45) is 11.3 Å². The average Bonchev–Trinajstić information content (AvgIpc) is 3.54. The summed E-state index contributed by atoms with van der Waals surface area (Å²) in [5.41, 5.74) is -0.581. The van der Waals surface area contributed by atoms with Crippen molar-refractivity contribution in [1.29, 1.82) is 0 Å². The van der Waals surface area contributed by atoms with Crippen molar-refractivity contribution in [2.45, 2.75) is 120 Å². The van der Waals surface area contributed by atoms with Gasteiger partial charge in [-0.2, -0.15) is 4.31 Å². The number of nitrogens with one attached hydrogen (secondary N) is 3. The van der Waals surface area contributed by atoms with Gasteiger partial charge in [0.15, 0.2) is 10.2 Å². The van der Waals surface area contributed by atoms with Gasteiger partial charge in [0.05, 0.1) is 31.4 Å². The number of carboxylic acid groups (broad SMARTS) is 1. The number of pyridine rings is 2. The predicted octanol–water partition coefficient (Wildman–Crippen LogP) is 6.24. The number of likely N-dealkylation sites (N-methyl/N-ethyl adjacent to an activating group) is 1. The number of allylic oxidation sites excluding steroid dienone is 1. The minimum absolute atomic E-state index is 0.00256. The molecule has 3 aliphatic rings. The molecule has 360 valence electrons. The summed E-state index contributed by atoms with van der Waals surface area (Å²) >= 11 is 1.44. The number of benzene rings is 1. The molecule has 1 aromatic carbocycles. The van der Waals surface area contributed by atoms with Gasteiger partial charge in [0.25, 0.3) is 10.0 Å². The Morgan fingerprint density at radius 2 is 1.88 bits per heavy atom. The lowest BCUT2D eigenvalue weighted by atomic mass is 9.89. The van der Waals surface area contributed by atoms with Crippen molar-refractivity contribution >= 4 is 61.3 Å². The zero-order valence-corrected chi connectivity index (χ0v) is 40.5. The first-order valence-corrected chi connectivity index (χ1v) is 24.9. The first-order valence-electron chi connectivity index (χ1n) is 22.5. The van der Waals surface area contributed by atoms with E-state index < -0.39 is 75.1 Å². The van der Waals surface area contributed by atoms with E-state index in [9.17, 15) is 32.7 Å². The fourth-order valence-electron chi connectivity index (χ4n) is 8.35. The van der Waals surface area contributed by atoms with Crippen molar-refractivity contribution in [3.8, 4) is 22.9 Å². The number of aromatic nitrogens is 3. The van der Waals surface area contributed by atoms with Crippen LogP contribution < -0.4 is 25.4 Å². The number of nitrogens with zero attached hydrogens (tertiary/aromatic N) is 5. The fourth-order valence-corrected chi connectivity index (χ4v) is 10.3. The van der Waals surface area contributed by atoms with Crippen molar-refractivity contribution in [3.05, 3.63) is 66.2 Å². The second kappa shape index (κ2) is 20.2. The summed E-state index contributed by atoms with van der Waals surface area (Å²) in [6, 6.07) is 9.52. The number of sulfonamides is 1. The minimum atomic E-state index is -4.04. The monoisotopic (exact) mass is 960 g/mol. The Kier molecular flexibility index (Phi) is 14.8. The number of methoxy groups -OCH3 is 1. The number of aliphatic carboxylic acids is 1. The molecule has 7 rings (SSSR count). The summed E-state index contributed by atoms with van der Waals surface area (Å²) in [7, 11) is -1.10. The minimum Gasteiger partial charge on any atom is -0.497 e. The number of carboxylic acids is 1. The topological polar surface area (TPSA) is 232 Å². The molecular weight excluding hydrogens is 901 g/mol. The SMILES string of the molecule is COc1ccc2c(O[C@@H]3C[C@H]4C(=O)N[C@]5(C(=O)O)CC5/C=C\CCCCC[C@H](NC(=O)OC(CN(C)S(=O)(=O)c5ccccn5)C(C)(C)C)C(=O)N4C3)cc(-c3csc(NC(C)C)n3)nc2c1. The van der Waals surface area contributed by atoms with Gasteiger partial charge in [-0.25, -0.2) is 33.0 Å². The fraction of sp³-hybridized carbons (Fsp3) is 0.511. The number of fused-ring (bicyclic) bond motifs is 3. The number of hydrogen-bond donors (Lipinski definition) is 4. The van der Waals surface area contributed by atoms with E-state index in [2.05, 4.69) is 20.9 Å². The second-order valence-electron chi connectivity index (χ2n) is 18.8. The number of carbonyl (C=O) groups excluding carboxylic acids is 3. The summed E-state index contributed by atoms with van der Waals surface area (Å²) in [6.45, 7) is 9.17. The van der Waals surface area contributed by atoms with Crippen LogP contribution in [0.25, 0.3) is 22.3 Å². The molecule has 2 aliphatic heterocycles. The van der Waals surface area contributed by atoms with Gasteiger partial charge in [-0.3, -0.25) is 9.59 Å². The summed E-state index contributed by atoms with van der Waals surface area (Å²) in [6.07, 6.45) is 5.52. The maximum Gasteiger partial charge on any atom is 0.408 e. The Hall–Kier alpha value is -5.86. The van der Waals surface area contributed by atoms with Crippen molar-refractivity contribution < 1.29 is 46.9 Å². The summed E-state index contributed by atoms with van der Waals surface area (Å²) in [5, 5.41) is 22.4. The zero-order valence-electron chi connectivity index (χ0n) is 38.9. The van der Waals surface area contributed by atoms with Crippen LogP contribution in [0.4, 0.5) is 9.93 Å². The quantitative estimate of drug-likeness (QED) is 0.109. The molecule has 20 heteroatoms. The molecule has 4 N–H and O–H groups in total. The van der Waals surface area contributed by atoms with E-state index in [1.54, 1.807) is 58.2 Å². The van der Waals surface area contributed by atoms with Gasteiger partial charge < -0.3 is 40.2 Å². The van der Waals surface area contributed by atoms with Gasteiger partial charge >= 0.3 is 12.1 Å². The van der Waals surface area contributed by atoms with Gasteiger partial charge in [-0.05, 0) is 63.8 Å². The first kappa shape index (κ1) is 49.1. The number of alkyl carbamates (subject to hydrolysis) is 1. The third kappa shape index (κ3) is 11.3. The number of ether oxygens (including phenoxy) is 3. The molecule has 18 nitrogen and oxygen atoms in total. The van der Waals surface area contributed by atoms with E-state index in [0.717, 1.165) is 15.9 Å². The number of carbonyl (C=O) groups is 4. The average molecular weight is 961 g/mol. The van der Waals surface area contributed by atoms with Gasteiger partial charge in [0, 0.05) is 59.9 Å². The smallest absolute Gasteiger partial charge is 0.408 e. The molecule has 0 spiro atoms. The van der Waals surface area contributed by atoms with Crippen LogP contribution in [0.1, 0.15) is 79.6 Å². The lowest BCUT2D eigenvalue weighted by molar-refractivity contribution is -0.145. The van der Waals surface area contributed by atoms with E-state index in [1.807, 2.05) is 37.4 Å². The van der Waals surface area contributed by atoms with E-state index >= 15 is 0 Å². The highest BCUT2D eigenvalue weighted by molar-refractivity contribution is 7.89. The van der Waals surface area contributed by atoms with Gasteiger partial charge in [0.2, 0.25) is 11.8 Å². The molecule has 0 bridgehead atoms. The molecule has 0 radical (unpaired) electrons. The zero-order chi connectivity index (χ0) is 48.3. The van der Waals surface area contributed by atoms with Crippen LogP contribution in [-0.4, -0.2) is 125 Å². The molecular formula is C47H60N8O10S2. The second-order valence-corrected chi connectivity index (χ2v) is 21.6.